The van der Waals surface area contributed by atoms with Crippen LogP contribution in [0.25, 0.3) is 0 Å². The molecule has 0 radical (unpaired) electrons. The van der Waals surface area contributed by atoms with Crippen LogP contribution in [0.15, 0.2) is 27.6 Å². The Hall–Kier alpha value is -0.680. The molecular formula is C10H11BrO3S. The molecule has 0 N–H and O–H groups in total. The van der Waals surface area contributed by atoms with Gasteiger partial charge >= 0.3 is 0 Å². The number of halogens is 1. The van der Waals surface area contributed by atoms with E-state index in [1.54, 1.807) is 18.2 Å². The number of hydrogen-bond acceptors (Lipinski definition) is 3. The molecule has 0 heterocycles. The zero-order valence-electron chi connectivity index (χ0n) is 8.23. The van der Waals surface area contributed by atoms with E-state index < -0.39 is 9.84 Å². The van der Waals surface area contributed by atoms with Crippen molar-refractivity contribution in [3.05, 3.63) is 28.2 Å². The van der Waals surface area contributed by atoms with Crippen molar-refractivity contribution in [2.45, 2.75) is 17.7 Å². The average Bonchev–Trinajstić information content (AvgIpc) is 2.14. The summed E-state index contributed by atoms with van der Waals surface area (Å²) in [6, 6.07) is 5.00. The molecule has 82 valence electrons. The second-order valence-corrected chi connectivity index (χ2v) is 6.03. The van der Waals surface area contributed by atoms with Gasteiger partial charge in [0.25, 0.3) is 0 Å². The molecule has 0 aromatic heterocycles. The molecule has 0 fully saturated rings. The molecule has 1 aromatic carbocycles. The van der Waals surface area contributed by atoms with Gasteiger partial charge in [0.05, 0.1) is 4.90 Å². The standard InChI is InChI=1S/C10H11BrO3S/c1-15(13,14)10-6-2-5-9(11)8(10)4-3-7-12/h2,5-7H,3-4H2,1H3. The van der Waals surface area contributed by atoms with Crippen LogP contribution >= 0.6 is 15.9 Å². The molecule has 0 atom stereocenters. The maximum absolute atomic E-state index is 11.5. The fourth-order valence-electron chi connectivity index (χ4n) is 1.33. The third-order valence-electron chi connectivity index (χ3n) is 1.99. The van der Waals surface area contributed by atoms with Crippen molar-refractivity contribution in [1.82, 2.24) is 0 Å². The number of hydrogen-bond donors (Lipinski definition) is 0. The van der Waals surface area contributed by atoms with Gasteiger partial charge in [0.15, 0.2) is 9.84 Å². The van der Waals surface area contributed by atoms with Crippen molar-refractivity contribution in [3.8, 4) is 0 Å². The highest BCUT2D eigenvalue weighted by atomic mass is 79.9. The van der Waals surface area contributed by atoms with E-state index in [9.17, 15) is 13.2 Å². The van der Waals surface area contributed by atoms with E-state index in [0.717, 1.165) is 10.8 Å². The third-order valence-corrected chi connectivity index (χ3v) is 3.91. The summed E-state index contributed by atoms with van der Waals surface area (Å²) in [7, 11) is -3.23. The third kappa shape index (κ3) is 3.14. The van der Waals surface area contributed by atoms with E-state index in [4.69, 9.17) is 0 Å². The lowest BCUT2D eigenvalue weighted by Gasteiger charge is -2.08. The van der Waals surface area contributed by atoms with Crippen LogP contribution in [0.3, 0.4) is 0 Å². The van der Waals surface area contributed by atoms with Gasteiger partial charge in [0.2, 0.25) is 0 Å². The minimum Gasteiger partial charge on any atom is -0.303 e. The van der Waals surface area contributed by atoms with E-state index in [1.807, 2.05) is 0 Å². The van der Waals surface area contributed by atoms with E-state index in [2.05, 4.69) is 15.9 Å². The minimum atomic E-state index is -3.23. The van der Waals surface area contributed by atoms with E-state index in [0.29, 0.717) is 23.3 Å². The maximum Gasteiger partial charge on any atom is 0.175 e. The van der Waals surface area contributed by atoms with E-state index in [-0.39, 0.29) is 0 Å². The number of benzene rings is 1. The van der Waals surface area contributed by atoms with Crippen LogP contribution in [0.5, 0.6) is 0 Å². The van der Waals surface area contributed by atoms with Crippen LogP contribution in [0, 0.1) is 0 Å². The van der Waals surface area contributed by atoms with E-state index >= 15 is 0 Å². The lowest BCUT2D eigenvalue weighted by molar-refractivity contribution is -0.107. The number of carbonyl (C=O) groups excluding carboxylic acids is 1. The quantitative estimate of drug-likeness (QED) is 0.797. The van der Waals surface area contributed by atoms with Crippen LogP contribution in [0.1, 0.15) is 12.0 Å². The van der Waals surface area contributed by atoms with Gasteiger partial charge in [-0.3, -0.25) is 0 Å². The summed E-state index contributed by atoms with van der Waals surface area (Å²) < 4.78 is 23.6. The van der Waals surface area contributed by atoms with Crippen molar-refractivity contribution < 1.29 is 13.2 Å². The molecule has 0 amide bonds. The number of aldehydes is 1. The van der Waals surface area contributed by atoms with E-state index in [1.165, 1.54) is 6.26 Å². The van der Waals surface area contributed by atoms with Gasteiger partial charge in [0.1, 0.15) is 6.29 Å². The molecular weight excluding hydrogens is 280 g/mol. The van der Waals surface area contributed by atoms with Crippen molar-refractivity contribution in [2.24, 2.45) is 0 Å². The normalized spacial score (nSPS) is 11.3. The number of carbonyl (C=O) groups is 1. The molecule has 0 aliphatic heterocycles. The van der Waals surface area contributed by atoms with Gasteiger partial charge in [-0.15, -0.1) is 0 Å². The Balaban J connectivity index is 3.26. The first kappa shape index (κ1) is 12.4. The van der Waals surface area contributed by atoms with Crippen molar-refractivity contribution in [2.75, 3.05) is 6.26 Å². The smallest absolute Gasteiger partial charge is 0.175 e. The lowest BCUT2D eigenvalue weighted by Crippen LogP contribution is -2.03. The second-order valence-electron chi connectivity index (χ2n) is 3.19. The molecule has 0 aliphatic carbocycles. The Kier molecular flexibility index (Phi) is 4.04. The number of rotatable bonds is 4. The molecule has 15 heavy (non-hydrogen) atoms. The Morgan fingerprint density at radius 3 is 2.60 bits per heavy atom. The summed E-state index contributed by atoms with van der Waals surface area (Å²) in [6.07, 6.45) is 2.71. The monoisotopic (exact) mass is 290 g/mol. The molecule has 0 bridgehead atoms. The van der Waals surface area contributed by atoms with Crippen molar-refractivity contribution in [1.29, 1.82) is 0 Å². The first-order valence-electron chi connectivity index (χ1n) is 4.38. The Bertz CT molecular complexity index is 466. The first-order valence-corrected chi connectivity index (χ1v) is 7.06. The number of sulfone groups is 1. The Morgan fingerprint density at radius 1 is 1.40 bits per heavy atom. The summed E-state index contributed by atoms with van der Waals surface area (Å²) in [5, 5.41) is 0. The Morgan fingerprint density at radius 2 is 2.07 bits per heavy atom. The lowest BCUT2D eigenvalue weighted by atomic mass is 10.1. The SMILES string of the molecule is CS(=O)(=O)c1cccc(Br)c1CCC=O. The molecule has 3 nitrogen and oxygen atoms in total. The van der Waals surface area contributed by atoms with Crippen molar-refractivity contribution in [3.63, 3.8) is 0 Å². The van der Waals surface area contributed by atoms with Gasteiger partial charge in [-0.25, -0.2) is 8.42 Å². The second kappa shape index (κ2) is 4.90. The summed E-state index contributed by atoms with van der Waals surface area (Å²) >= 11 is 3.29. The topological polar surface area (TPSA) is 51.2 Å². The highest BCUT2D eigenvalue weighted by Gasteiger charge is 2.14. The van der Waals surface area contributed by atoms with Gasteiger partial charge in [-0.2, -0.15) is 0 Å². The summed E-state index contributed by atoms with van der Waals surface area (Å²) in [4.78, 5) is 10.6. The fourth-order valence-corrected chi connectivity index (χ4v) is 3.01. The maximum atomic E-state index is 11.5. The van der Waals surface area contributed by atoms with Crippen LogP contribution in [-0.2, 0) is 21.1 Å². The average molecular weight is 291 g/mol. The zero-order chi connectivity index (χ0) is 11.5. The molecule has 0 aliphatic rings. The van der Waals surface area contributed by atoms with Gasteiger partial charge < -0.3 is 4.79 Å². The van der Waals surface area contributed by atoms with Crippen LogP contribution in [0.2, 0.25) is 0 Å². The van der Waals surface area contributed by atoms with Crippen molar-refractivity contribution >= 4 is 32.1 Å². The predicted molar refractivity (Wildman–Crippen MR) is 61.6 cm³/mol. The molecule has 1 aromatic rings. The van der Waals surface area contributed by atoms with Gasteiger partial charge in [0, 0.05) is 17.1 Å². The summed E-state index contributed by atoms with van der Waals surface area (Å²) in [5.74, 6) is 0. The largest absolute Gasteiger partial charge is 0.303 e. The van der Waals surface area contributed by atoms with Crippen LogP contribution in [0.4, 0.5) is 0 Å². The minimum absolute atomic E-state index is 0.290. The van der Waals surface area contributed by atoms with Gasteiger partial charge in [-0.1, -0.05) is 22.0 Å². The highest BCUT2D eigenvalue weighted by Crippen LogP contribution is 2.25. The molecule has 0 unspecified atom stereocenters. The highest BCUT2D eigenvalue weighted by molar-refractivity contribution is 9.10. The molecule has 0 saturated carbocycles. The van der Waals surface area contributed by atoms with Crippen LogP contribution < -0.4 is 0 Å². The van der Waals surface area contributed by atoms with Gasteiger partial charge in [-0.05, 0) is 24.1 Å². The predicted octanol–water partition coefficient (Wildman–Crippen LogP) is 1.98. The molecule has 0 saturated heterocycles. The summed E-state index contributed by atoms with van der Waals surface area (Å²) in [6.45, 7) is 0. The molecule has 5 heteroatoms. The van der Waals surface area contributed by atoms with Crippen LogP contribution in [-0.4, -0.2) is 21.0 Å². The molecule has 0 spiro atoms. The Labute approximate surface area is 97.5 Å². The molecule has 1 rings (SSSR count). The fraction of sp³-hybridized carbons (Fsp3) is 0.300. The summed E-state index contributed by atoms with van der Waals surface area (Å²) in [5.41, 5.74) is 0.673. The first-order chi connectivity index (χ1) is 6.96. The zero-order valence-corrected chi connectivity index (χ0v) is 10.6.